The lowest BCUT2D eigenvalue weighted by atomic mass is 10.0. The molecule has 0 aliphatic heterocycles. The lowest BCUT2D eigenvalue weighted by Gasteiger charge is -2.18. The van der Waals surface area contributed by atoms with Gasteiger partial charge >= 0.3 is 0 Å². The standard InChI is InChI=1S/C18H21F2N/c1-3-18(15-5-4-6-16(19)12-15)21-10-9-14-7-8-17(20)11-13(14)2/h4-8,11-12,18,21H,3,9-10H2,1-2H3. The highest BCUT2D eigenvalue weighted by atomic mass is 19.1. The molecule has 0 amide bonds. The number of rotatable bonds is 6. The Morgan fingerprint density at radius 3 is 2.48 bits per heavy atom. The summed E-state index contributed by atoms with van der Waals surface area (Å²) < 4.78 is 26.3. The predicted molar refractivity (Wildman–Crippen MR) is 82.3 cm³/mol. The molecule has 0 aromatic heterocycles. The van der Waals surface area contributed by atoms with E-state index in [9.17, 15) is 8.78 Å². The molecule has 0 heterocycles. The maximum atomic E-state index is 13.3. The lowest BCUT2D eigenvalue weighted by molar-refractivity contribution is 0.517. The van der Waals surface area contributed by atoms with Gasteiger partial charge in [0.1, 0.15) is 11.6 Å². The Balaban J connectivity index is 1.94. The van der Waals surface area contributed by atoms with E-state index >= 15 is 0 Å². The summed E-state index contributed by atoms with van der Waals surface area (Å²) in [5.41, 5.74) is 3.07. The first-order chi connectivity index (χ1) is 10.1. The van der Waals surface area contributed by atoms with Crippen LogP contribution in [0.3, 0.4) is 0 Å². The molecule has 0 bridgehead atoms. The zero-order valence-electron chi connectivity index (χ0n) is 12.5. The summed E-state index contributed by atoms with van der Waals surface area (Å²) in [6, 6.07) is 11.7. The first kappa shape index (κ1) is 15.6. The Morgan fingerprint density at radius 2 is 1.81 bits per heavy atom. The highest BCUT2D eigenvalue weighted by Crippen LogP contribution is 2.18. The summed E-state index contributed by atoms with van der Waals surface area (Å²) in [4.78, 5) is 0. The average molecular weight is 289 g/mol. The van der Waals surface area contributed by atoms with Gasteiger partial charge in [0.25, 0.3) is 0 Å². The van der Waals surface area contributed by atoms with Crippen LogP contribution in [-0.4, -0.2) is 6.54 Å². The summed E-state index contributed by atoms with van der Waals surface area (Å²) >= 11 is 0. The average Bonchev–Trinajstić information content (AvgIpc) is 2.45. The quantitative estimate of drug-likeness (QED) is 0.822. The Kier molecular flexibility index (Phi) is 5.45. The summed E-state index contributed by atoms with van der Waals surface area (Å²) in [5, 5.41) is 3.44. The van der Waals surface area contributed by atoms with E-state index in [0.29, 0.717) is 0 Å². The first-order valence-electron chi connectivity index (χ1n) is 7.34. The van der Waals surface area contributed by atoms with E-state index in [1.807, 2.05) is 19.1 Å². The topological polar surface area (TPSA) is 12.0 Å². The number of hydrogen-bond donors (Lipinski definition) is 1. The highest BCUT2D eigenvalue weighted by Gasteiger charge is 2.09. The normalized spacial score (nSPS) is 12.4. The molecule has 0 aliphatic rings. The van der Waals surface area contributed by atoms with Crippen LogP contribution in [-0.2, 0) is 6.42 Å². The number of hydrogen-bond acceptors (Lipinski definition) is 1. The molecule has 2 aromatic rings. The van der Waals surface area contributed by atoms with Gasteiger partial charge < -0.3 is 5.32 Å². The number of benzene rings is 2. The number of halogens is 2. The minimum Gasteiger partial charge on any atom is -0.310 e. The Bertz CT molecular complexity index is 596. The van der Waals surface area contributed by atoms with Crippen LogP contribution >= 0.6 is 0 Å². The summed E-state index contributed by atoms with van der Waals surface area (Å²) in [6.45, 7) is 4.77. The number of aryl methyl sites for hydroxylation is 1. The number of nitrogens with one attached hydrogen (secondary N) is 1. The minimum atomic E-state index is -0.206. The van der Waals surface area contributed by atoms with Gasteiger partial charge in [-0.15, -0.1) is 0 Å². The first-order valence-corrected chi connectivity index (χ1v) is 7.34. The molecule has 1 unspecified atom stereocenters. The van der Waals surface area contributed by atoms with Crippen molar-refractivity contribution in [1.82, 2.24) is 5.32 Å². The summed E-state index contributed by atoms with van der Waals surface area (Å²) in [6.07, 6.45) is 1.73. The fraction of sp³-hybridized carbons (Fsp3) is 0.333. The molecule has 0 fully saturated rings. The third-order valence-electron chi connectivity index (χ3n) is 3.75. The van der Waals surface area contributed by atoms with Crippen molar-refractivity contribution in [2.24, 2.45) is 0 Å². The lowest BCUT2D eigenvalue weighted by Crippen LogP contribution is -2.23. The van der Waals surface area contributed by atoms with Crippen LogP contribution in [0.5, 0.6) is 0 Å². The van der Waals surface area contributed by atoms with Crippen molar-refractivity contribution < 1.29 is 8.78 Å². The van der Waals surface area contributed by atoms with Gasteiger partial charge in [-0.3, -0.25) is 0 Å². The molecule has 0 radical (unpaired) electrons. The SMILES string of the molecule is CCC(NCCc1ccc(F)cc1C)c1cccc(F)c1. The monoisotopic (exact) mass is 289 g/mol. The second-order valence-electron chi connectivity index (χ2n) is 5.29. The van der Waals surface area contributed by atoms with E-state index in [2.05, 4.69) is 12.2 Å². The molecule has 0 aliphatic carbocycles. The van der Waals surface area contributed by atoms with Crippen molar-refractivity contribution in [2.75, 3.05) is 6.54 Å². The fourth-order valence-corrected chi connectivity index (χ4v) is 2.54. The molecule has 3 heteroatoms. The van der Waals surface area contributed by atoms with Gasteiger partial charge in [0.2, 0.25) is 0 Å². The minimum absolute atomic E-state index is 0.140. The molecular weight excluding hydrogens is 268 g/mol. The van der Waals surface area contributed by atoms with Gasteiger partial charge in [-0.25, -0.2) is 8.78 Å². The van der Waals surface area contributed by atoms with Crippen LogP contribution < -0.4 is 5.32 Å². The molecule has 0 saturated carbocycles. The third kappa shape index (κ3) is 4.36. The van der Waals surface area contributed by atoms with E-state index < -0.39 is 0 Å². The van der Waals surface area contributed by atoms with E-state index in [-0.39, 0.29) is 17.7 Å². The zero-order valence-corrected chi connectivity index (χ0v) is 12.5. The Morgan fingerprint density at radius 1 is 1.05 bits per heavy atom. The van der Waals surface area contributed by atoms with Gasteiger partial charge in [-0.05, 0) is 67.3 Å². The van der Waals surface area contributed by atoms with Crippen molar-refractivity contribution in [3.63, 3.8) is 0 Å². The van der Waals surface area contributed by atoms with Crippen LogP contribution in [0, 0.1) is 18.6 Å². The predicted octanol–water partition coefficient (Wildman–Crippen LogP) is 4.56. The van der Waals surface area contributed by atoms with Gasteiger partial charge in [-0.1, -0.05) is 25.1 Å². The molecular formula is C18H21F2N. The van der Waals surface area contributed by atoms with Crippen LogP contribution in [0.1, 0.15) is 36.1 Å². The van der Waals surface area contributed by atoms with Crippen molar-refractivity contribution in [3.8, 4) is 0 Å². The molecule has 2 rings (SSSR count). The van der Waals surface area contributed by atoms with Crippen molar-refractivity contribution in [1.29, 1.82) is 0 Å². The molecule has 0 saturated heterocycles. The molecule has 0 spiro atoms. The second kappa shape index (κ2) is 7.32. The van der Waals surface area contributed by atoms with Crippen LogP contribution in [0.25, 0.3) is 0 Å². The molecule has 2 aromatic carbocycles. The van der Waals surface area contributed by atoms with E-state index in [4.69, 9.17) is 0 Å². The van der Waals surface area contributed by atoms with E-state index in [1.165, 1.54) is 12.1 Å². The highest BCUT2D eigenvalue weighted by molar-refractivity contribution is 5.27. The van der Waals surface area contributed by atoms with Crippen LogP contribution in [0.2, 0.25) is 0 Å². The second-order valence-corrected chi connectivity index (χ2v) is 5.29. The van der Waals surface area contributed by atoms with Gasteiger partial charge in [-0.2, -0.15) is 0 Å². The zero-order chi connectivity index (χ0) is 15.2. The molecule has 1 N–H and O–H groups in total. The Hall–Kier alpha value is -1.74. The van der Waals surface area contributed by atoms with E-state index in [1.54, 1.807) is 18.2 Å². The van der Waals surface area contributed by atoms with Crippen molar-refractivity contribution in [2.45, 2.75) is 32.7 Å². The molecule has 21 heavy (non-hydrogen) atoms. The maximum absolute atomic E-state index is 13.3. The van der Waals surface area contributed by atoms with Crippen molar-refractivity contribution >= 4 is 0 Å². The largest absolute Gasteiger partial charge is 0.310 e. The van der Waals surface area contributed by atoms with Gasteiger partial charge in [0, 0.05) is 6.04 Å². The van der Waals surface area contributed by atoms with Gasteiger partial charge in [0.15, 0.2) is 0 Å². The Labute approximate surface area is 125 Å². The molecule has 1 atom stereocenters. The smallest absolute Gasteiger partial charge is 0.123 e. The summed E-state index contributed by atoms with van der Waals surface area (Å²) in [5.74, 6) is -0.405. The van der Waals surface area contributed by atoms with Crippen LogP contribution in [0.15, 0.2) is 42.5 Å². The van der Waals surface area contributed by atoms with Crippen molar-refractivity contribution in [3.05, 3.63) is 70.8 Å². The third-order valence-corrected chi connectivity index (χ3v) is 3.75. The molecule has 1 nitrogen and oxygen atoms in total. The van der Waals surface area contributed by atoms with Gasteiger partial charge in [0.05, 0.1) is 0 Å². The van der Waals surface area contributed by atoms with E-state index in [0.717, 1.165) is 36.1 Å². The van der Waals surface area contributed by atoms with Crippen LogP contribution in [0.4, 0.5) is 8.78 Å². The maximum Gasteiger partial charge on any atom is 0.123 e. The summed E-state index contributed by atoms with van der Waals surface area (Å²) in [7, 11) is 0. The molecule has 112 valence electrons. The fourth-order valence-electron chi connectivity index (χ4n) is 2.54.